The van der Waals surface area contributed by atoms with Crippen LogP contribution in [-0.2, 0) is 11.2 Å². The molecule has 10 heteroatoms. The first kappa shape index (κ1) is 26.6. The van der Waals surface area contributed by atoms with Crippen molar-refractivity contribution in [3.63, 3.8) is 0 Å². The Morgan fingerprint density at radius 3 is 2.68 bits per heavy atom. The number of hydrogen-bond acceptors (Lipinski definition) is 9. The number of hydrogen-bond donors (Lipinski definition) is 3. The molecule has 1 unspecified atom stereocenters. The zero-order valence-corrected chi connectivity index (χ0v) is 21.5. The summed E-state index contributed by atoms with van der Waals surface area (Å²) in [6.07, 6.45) is 4.53. The van der Waals surface area contributed by atoms with Gasteiger partial charge < -0.3 is 29.5 Å². The maximum absolute atomic E-state index is 10.6. The van der Waals surface area contributed by atoms with Gasteiger partial charge in [0.05, 0.1) is 13.7 Å². The largest absolute Gasteiger partial charge is 0.490 e. The quantitative estimate of drug-likeness (QED) is 0.330. The van der Waals surface area contributed by atoms with Crippen molar-refractivity contribution in [1.82, 2.24) is 20.4 Å². The Kier molecular flexibility index (Phi) is 8.73. The number of carboxylic acid groups (broad SMARTS) is 1. The number of aryl methyl sites for hydroxylation is 2. The Balaban J connectivity index is 1.52. The van der Waals surface area contributed by atoms with Crippen molar-refractivity contribution in [2.45, 2.75) is 58.0 Å². The number of carboxylic acids is 1. The number of methoxy groups -OCH3 is 1. The minimum atomic E-state index is -0.977. The molecule has 198 valence electrons. The number of carbonyl (C=O) groups is 1. The number of aromatic nitrogens is 3. The minimum absolute atomic E-state index is 0.0410. The van der Waals surface area contributed by atoms with Crippen LogP contribution in [0.1, 0.15) is 55.3 Å². The van der Waals surface area contributed by atoms with Gasteiger partial charge in [-0.2, -0.15) is 4.98 Å². The van der Waals surface area contributed by atoms with Crippen molar-refractivity contribution < 1.29 is 29.0 Å². The molecule has 0 radical (unpaired) electrons. The number of nitrogens with zero attached hydrogens (tertiary/aromatic N) is 3. The van der Waals surface area contributed by atoms with Crippen LogP contribution in [0.2, 0.25) is 0 Å². The molecule has 10 nitrogen and oxygen atoms in total. The summed E-state index contributed by atoms with van der Waals surface area (Å²) in [6.45, 7) is 3.89. The number of pyridine rings is 1. The van der Waals surface area contributed by atoms with E-state index in [-0.39, 0.29) is 19.7 Å². The fourth-order valence-electron chi connectivity index (χ4n) is 4.67. The van der Waals surface area contributed by atoms with Crippen molar-refractivity contribution in [1.29, 1.82) is 0 Å². The number of aliphatic carboxylic acids is 1. The molecule has 4 rings (SSSR count). The first-order chi connectivity index (χ1) is 17.9. The first-order valence-corrected chi connectivity index (χ1v) is 12.6. The Morgan fingerprint density at radius 2 is 1.97 bits per heavy atom. The van der Waals surface area contributed by atoms with E-state index in [1.165, 1.54) is 12.8 Å². The summed E-state index contributed by atoms with van der Waals surface area (Å²) < 4.78 is 17.0. The van der Waals surface area contributed by atoms with Gasteiger partial charge in [0.2, 0.25) is 11.7 Å². The van der Waals surface area contributed by atoms with Crippen LogP contribution in [0.15, 0.2) is 28.8 Å². The Labute approximate surface area is 216 Å². The SMILES string of the molecule is CCc1cc(-c2noc(-c3cc(OC)nc(C4CCCC4)c3)n2)cc(C)c1OCC(O)CNCC(=O)O. The molecular weight excluding hydrogens is 476 g/mol. The average molecular weight is 511 g/mol. The van der Waals surface area contributed by atoms with E-state index in [0.29, 0.717) is 35.7 Å². The molecule has 1 aromatic carbocycles. The van der Waals surface area contributed by atoms with Crippen LogP contribution in [0.25, 0.3) is 22.8 Å². The van der Waals surface area contributed by atoms with Crippen LogP contribution < -0.4 is 14.8 Å². The topological polar surface area (TPSA) is 140 Å². The lowest BCUT2D eigenvalue weighted by Crippen LogP contribution is -2.34. The Bertz CT molecular complexity index is 1220. The highest BCUT2D eigenvalue weighted by Gasteiger charge is 2.22. The van der Waals surface area contributed by atoms with Crippen LogP contribution in [0.5, 0.6) is 11.6 Å². The predicted molar refractivity (Wildman–Crippen MR) is 137 cm³/mol. The zero-order valence-electron chi connectivity index (χ0n) is 21.5. The monoisotopic (exact) mass is 510 g/mol. The summed E-state index contributed by atoms with van der Waals surface area (Å²) in [5.41, 5.74) is 4.40. The number of rotatable bonds is 12. The lowest BCUT2D eigenvalue weighted by molar-refractivity contribution is -0.136. The molecule has 3 aromatic rings. The Morgan fingerprint density at radius 1 is 1.19 bits per heavy atom. The van der Waals surface area contributed by atoms with Crippen LogP contribution in [0.4, 0.5) is 0 Å². The fraction of sp³-hybridized carbons (Fsp3) is 0.481. The third-order valence-corrected chi connectivity index (χ3v) is 6.54. The summed E-state index contributed by atoms with van der Waals surface area (Å²) in [7, 11) is 1.61. The number of nitrogens with one attached hydrogen (secondary N) is 1. The van der Waals surface area contributed by atoms with Gasteiger partial charge in [0, 0.05) is 35.3 Å². The van der Waals surface area contributed by atoms with Crippen molar-refractivity contribution in [3.05, 3.63) is 41.1 Å². The molecule has 2 aromatic heterocycles. The highest BCUT2D eigenvalue weighted by atomic mass is 16.5. The van der Waals surface area contributed by atoms with Gasteiger partial charge in [-0.1, -0.05) is 24.9 Å². The summed E-state index contributed by atoms with van der Waals surface area (Å²) in [4.78, 5) is 19.9. The number of aliphatic hydroxyl groups is 1. The van der Waals surface area contributed by atoms with E-state index in [2.05, 4.69) is 20.4 Å². The van der Waals surface area contributed by atoms with Crippen LogP contribution >= 0.6 is 0 Å². The van der Waals surface area contributed by atoms with Gasteiger partial charge in [0.15, 0.2) is 0 Å². The van der Waals surface area contributed by atoms with E-state index < -0.39 is 12.1 Å². The van der Waals surface area contributed by atoms with Gasteiger partial charge in [0.1, 0.15) is 18.5 Å². The predicted octanol–water partition coefficient (Wildman–Crippen LogP) is 3.75. The van der Waals surface area contributed by atoms with Gasteiger partial charge in [0.25, 0.3) is 5.89 Å². The van der Waals surface area contributed by atoms with E-state index in [0.717, 1.165) is 40.8 Å². The normalized spacial score (nSPS) is 14.6. The molecule has 0 spiro atoms. The molecule has 0 saturated heterocycles. The fourth-order valence-corrected chi connectivity index (χ4v) is 4.67. The lowest BCUT2D eigenvalue weighted by atomic mass is 10.0. The molecule has 1 aliphatic rings. The van der Waals surface area contributed by atoms with E-state index in [1.54, 1.807) is 7.11 Å². The van der Waals surface area contributed by atoms with Gasteiger partial charge in [-0.05, 0) is 55.5 Å². The van der Waals surface area contributed by atoms with E-state index >= 15 is 0 Å². The standard InChI is InChI=1S/C27H34N4O6/c1-4-17-10-19(9-16(2)25(17)36-15-21(32)13-28-14-24(33)34)26-30-27(37-31-26)20-11-22(18-7-5-6-8-18)29-23(12-20)35-3/h9-12,18,21,28,32H,4-8,13-15H2,1-3H3,(H,33,34). The maximum Gasteiger partial charge on any atom is 0.317 e. The summed E-state index contributed by atoms with van der Waals surface area (Å²) in [5, 5.41) is 25.7. The third kappa shape index (κ3) is 6.64. The molecule has 2 heterocycles. The number of ether oxygens (including phenoxy) is 2. The molecule has 0 aliphatic heterocycles. The molecule has 1 fully saturated rings. The lowest BCUT2D eigenvalue weighted by Gasteiger charge is -2.17. The molecule has 0 amide bonds. The van der Waals surface area contributed by atoms with Gasteiger partial charge in [-0.25, -0.2) is 4.98 Å². The van der Waals surface area contributed by atoms with Crippen molar-refractivity contribution >= 4 is 5.97 Å². The van der Waals surface area contributed by atoms with E-state index in [1.807, 2.05) is 38.1 Å². The number of benzene rings is 1. The highest BCUT2D eigenvalue weighted by Crippen LogP contribution is 2.36. The third-order valence-electron chi connectivity index (χ3n) is 6.54. The van der Waals surface area contributed by atoms with Crippen LogP contribution in [0.3, 0.4) is 0 Å². The molecule has 1 atom stereocenters. The van der Waals surface area contributed by atoms with Gasteiger partial charge in [-0.15, -0.1) is 0 Å². The second-order valence-corrected chi connectivity index (χ2v) is 9.35. The molecule has 3 N–H and O–H groups in total. The zero-order chi connectivity index (χ0) is 26.4. The minimum Gasteiger partial charge on any atom is -0.490 e. The molecule has 0 bridgehead atoms. The van der Waals surface area contributed by atoms with Gasteiger partial charge >= 0.3 is 5.97 Å². The first-order valence-electron chi connectivity index (χ1n) is 12.6. The van der Waals surface area contributed by atoms with E-state index in [9.17, 15) is 9.90 Å². The molecular formula is C27H34N4O6. The summed E-state index contributed by atoms with van der Waals surface area (Å²) >= 11 is 0. The Hall–Kier alpha value is -3.50. The van der Waals surface area contributed by atoms with E-state index in [4.69, 9.17) is 19.1 Å². The van der Waals surface area contributed by atoms with Crippen molar-refractivity contribution in [2.75, 3.05) is 26.8 Å². The summed E-state index contributed by atoms with van der Waals surface area (Å²) in [6, 6.07) is 7.72. The highest BCUT2D eigenvalue weighted by molar-refractivity contribution is 5.69. The second-order valence-electron chi connectivity index (χ2n) is 9.35. The number of aliphatic hydroxyl groups excluding tert-OH is 1. The average Bonchev–Trinajstić information content (AvgIpc) is 3.60. The van der Waals surface area contributed by atoms with Crippen molar-refractivity contribution in [3.8, 4) is 34.5 Å². The van der Waals surface area contributed by atoms with Crippen molar-refractivity contribution in [2.24, 2.45) is 0 Å². The smallest absolute Gasteiger partial charge is 0.317 e. The van der Waals surface area contributed by atoms with Gasteiger partial charge in [-0.3, -0.25) is 4.79 Å². The molecule has 1 saturated carbocycles. The van der Waals surface area contributed by atoms with Crippen LogP contribution in [-0.4, -0.2) is 64.2 Å². The summed E-state index contributed by atoms with van der Waals surface area (Å²) in [5.74, 6) is 1.54. The second kappa shape index (κ2) is 12.2. The molecule has 1 aliphatic carbocycles. The van der Waals surface area contributed by atoms with Crippen LogP contribution in [0, 0.1) is 6.92 Å². The maximum atomic E-state index is 10.6. The molecule has 37 heavy (non-hydrogen) atoms.